The Bertz CT molecular complexity index is 698. The highest BCUT2D eigenvalue weighted by Crippen LogP contribution is 2.59. The molecule has 0 bridgehead atoms. The normalized spacial score (nSPS) is 38.1. The van der Waals surface area contributed by atoms with E-state index < -0.39 is 35.9 Å². The molecule has 8 nitrogen and oxygen atoms in total. The molecule has 2 N–H and O–H groups in total. The molecule has 7 atom stereocenters. The third-order valence-electron chi connectivity index (χ3n) is 6.70. The van der Waals surface area contributed by atoms with E-state index in [9.17, 15) is 14.7 Å². The van der Waals surface area contributed by atoms with Gasteiger partial charge in [-0.2, -0.15) is 0 Å². The zero-order valence-electron chi connectivity index (χ0n) is 18.8. The van der Waals surface area contributed by atoms with Crippen LogP contribution >= 0.6 is 0 Å². The van der Waals surface area contributed by atoms with Gasteiger partial charge in [-0.05, 0) is 46.0 Å². The van der Waals surface area contributed by atoms with Crippen molar-refractivity contribution in [3.8, 4) is 0 Å². The maximum Gasteiger partial charge on any atom is 0.408 e. The molecule has 0 unspecified atom stereocenters. The van der Waals surface area contributed by atoms with Crippen LogP contribution in [0.1, 0.15) is 53.9 Å². The molecule has 3 rings (SSSR count). The van der Waals surface area contributed by atoms with E-state index in [1.165, 1.54) is 5.57 Å². The van der Waals surface area contributed by atoms with Crippen molar-refractivity contribution in [2.24, 2.45) is 11.8 Å². The van der Waals surface area contributed by atoms with Crippen molar-refractivity contribution < 1.29 is 33.6 Å². The first-order chi connectivity index (χ1) is 14.0. The van der Waals surface area contributed by atoms with Gasteiger partial charge in [0.15, 0.2) is 0 Å². The fraction of sp³-hybridized carbons (Fsp3) is 0.818. The number of hydrogen-bond donors (Lipinski definition) is 2. The maximum atomic E-state index is 12.5. The van der Waals surface area contributed by atoms with E-state index in [0.717, 1.165) is 12.8 Å². The van der Waals surface area contributed by atoms with Gasteiger partial charge in [0.25, 0.3) is 0 Å². The summed E-state index contributed by atoms with van der Waals surface area (Å²) in [5.41, 5.74) is 0.532. The van der Waals surface area contributed by atoms with E-state index in [1.807, 2.05) is 0 Å². The SMILES string of the molecule is CO[C@@H]1[C@H](OC(=O)N[C@@H](C(=O)O)C(C)C)CC[C@]2(CO2)[C@H]1[C@@]1(C)O[C@@H]1CC=C(C)C. The molecule has 1 amide bonds. The van der Waals surface area contributed by atoms with Crippen LogP contribution in [0.2, 0.25) is 0 Å². The quantitative estimate of drug-likeness (QED) is 0.454. The zero-order chi connectivity index (χ0) is 22.3. The molecule has 2 aliphatic heterocycles. The van der Waals surface area contributed by atoms with Gasteiger partial charge in [0.2, 0.25) is 0 Å². The van der Waals surface area contributed by atoms with Gasteiger partial charge < -0.3 is 29.4 Å². The highest BCUT2D eigenvalue weighted by Gasteiger charge is 2.72. The summed E-state index contributed by atoms with van der Waals surface area (Å²) < 4.78 is 23.5. The minimum Gasteiger partial charge on any atom is -0.480 e. The summed E-state index contributed by atoms with van der Waals surface area (Å²) in [6, 6.07) is -1.01. The van der Waals surface area contributed by atoms with Crippen LogP contribution in [0, 0.1) is 11.8 Å². The fourth-order valence-electron chi connectivity index (χ4n) is 4.88. The molecule has 1 spiro atoms. The summed E-state index contributed by atoms with van der Waals surface area (Å²) in [5, 5.41) is 11.8. The van der Waals surface area contributed by atoms with Crippen molar-refractivity contribution in [1.82, 2.24) is 5.32 Å². The molecule has 3 fully saturated rings. The number of carbonyl (C=O) groups excluding carboxylic acids is 1. The second kappa shape index (κ2) is 8.48. The van der Waals surface area contributed by atoms with Crippen LogP contribution in [0.3, 0.4) is 0 Å². The van der Waals surface area contributed by atoms with E-state index >= 15 is 0 Å². The van der Waals surface area contributed by atoms with Crippen LogP contribution in [-0.2, 0) is 23.7 Å². The van der Waals surface area contributed by atoms with Gasteiger partial charge in [-0.15, -0.1) is 0 Å². The van der Waals surface area contributed by atoms with E-state index in [2.05, 4.69) is 32.2 Å². The number of hydrogen-bond acceptors (Lipinski definition) is 6. The van der Waals surface area contributed by atoms with Crippen LogP contribution < -0.4 is 5.32 Å². The molecule has 30 heavy (non-hydrogen) atoms. The van der Waals surface area contributed by atoms with E-state index in [0.29, 0.717) is 13.0 Å². The van der Waals surface area contributed by atoms with Crippen LogP contribution in [-0.4, -0.2) is 66.4 Å². The van der Waals surface area contributed by atoms with Gasteiger partial charge in [0.1, 0.15) is 29.5 Å². The first-order valence-corrected chi connectivity index (χ1v) is 10.7. The summed E-state index contributed by atoms with van der Waals surface area (Å²) in [6.45, 7) is 10.3. The molecule has 0 radical (unpaired) electrons. The molecule has 2 saturated heterocycles. The predicted octanol–water partition coefficient (Wildman–Crippen LogP) is 2.90. The lowest BCUT2D eigenvalue weighted by Gasteiger charge is -2.42. The highest BCUT2D eigenvalue weighted by atomic mass is 16.6. The Kier molecular flexibility index (Phi) is 6.51. The average molecular weight is 426 g/mol. The lowest BCUT2D eigenvalue weighted by atomic mass is 9.68. The number of carboxylic acid groups (broad SMARTS) is 1. The van der Waals surface area contributed by atoms with Crippen molar-refractivity contribution in [2.75, 3.05) is 13.7 Å². The van der Waals surface area contributed by atoms with Crippen molar-refractivity contribution in [3.63, 3.8) is 0 Å². The largest absolute Gasteiger partial charge is 0.480 e. The number of methoxy groups -OCH3 is 1. The second-order valence-corrected chi connectivity index (χ2v) is 9.53. The minimum absolute atomic E-state index is 0.0704. The van der Waals surface area contributed by atoms with E-state index in [1.54, 1.807) is 21.0 Å². The number of alkyl carbamates (subject to hydrolysis) is 1. The number of ether oxygens (including phenoxy) is 4. The molecule has 8 heteroatoms. The van der Waals surface area contributed by atoms with Crippen LogP contribution in [0.5, 0.6) is 0 Å². The predicted molar refractivity (Wildman–Crippen MR) is 109 cm³/mol. The lowest BCUT2D eigenvalue weighted by molar-refractivity contribution is -0.141. The van der Waals surface area contributed by atoms with Gasteiger partial charge in [-0.1, -0.05) is 25.5 Å². The fourth-order valence-corrected chi connectivity index (χ4v) is 4.88. The Morgan fingerprint density at radius 1 is 1.33 bits per heavy atom. The maximum absolute atomic E-state index is 12.5. The Morgan fingerprint density at radius 2 is 2.00 bits per heavy atom. The molecule has 2 heterocycles. The van der Waals surface area contributed by atoms with Gasteiger partial charge in [-0.3, -0.25) is 0 Å². The van der Waals surface area contributed by atoms with Crippen molar-refractivity contribution in [3.05, 3.63) is 11.6 Å². The van der Waals surface area contributed by atoms with Crippen molar-refractivity contribution >= 4 is 12.1 Å². The second-order valence-electron chi connectivity index (χ2n) is 9.53. The van der Waals surface area contributed by atoms with Gasteiger partial charge >= 0.3 is 12.1 Å². The molecule has 170 valence electrons. The first-order valence-electron chi connectivity index (χ1n) is 10.7. The Hall–Kier alpha value is -1.64. The number of aliphatic carboxylic acids is 1. The lowest BCUT2D eigenvalue weighted by Crippen LogP contribution is -2.56. The molecule has 0 aromatic rings. The van der Waals surface area contributed by atoms with Gasteiger partial charge in [-0.25, -0.2) is 9.59 Å². The molecule has 1 saturated carbocycles. The summed E-state index contributed by atoms with van der Waals surface area (Å²) >= 11 is 0. The number of epoxide rings is 2. The standard InChI is InChI=1S/C22H35NO7/c1-12(2)7-8-15-21(5,30-15)18-17(27-6)14(9-10-22(18)11-28-22)29-20(26)23-16(13(3)4)19(24)25/h7,13-18H,8-11H2,1-6H3,(H,23,26)(H,24,25)/t14-,15-,16-,17-,18-,21+,22+/m1/s1. The van der Waals surface area contributed by atoms with Crippen LogP contribution in [0.25, 0.3) is 0 Å². The summed E-state index contributed by atoms with van der Waals surface area (Å²) in [6.07, 6.45) is 2.77. The third kappa shape index (κ3) is 4.50. The number of amides is 1. The molecular weight excluding hydrogens is 390 g/mol. The van der Waals surface area contributed by atoms with Crippen LogP contribution in [0.15, 0.2) is 11.6 Å². The number of allylic oxidation sites excluding steroid dienone is 1. The van der Waals surface area contributed by atoms with Crippen molar-refractivity contribution in [1.29, 1.82) is 0 Å². The summed E-state index contributed by atoms with van der Waals surface area (Å²) in [4.78, 5) is 23.8. The van der Waals surface area contributed by atoms with Gasteiger partial charge in [0, 0.05) is 7.11 Å². The molecule has 3 aliphatic rings. The van der Waals surface area contributed by atoms with Crippen molar-refractivity contribution in [2.45, 2.75) is 89.4 Å². The molecule has 0 aromatic heterocycles. The molecular formula is C22H35NO7. The summed E-state index contributed by atoms with van der Waals surface area (Å²) in [5.74, 6) is -1.42. The Labute approximate surface area is 178 Å². The summed E-state index contributed by atoms with van der Waals surface area (Å²) in [7, 11) is 1.61. The Morgan fingerprint density at radius 3 is 2.50 bits per heavy atom. The monoisotopic (exact) mass is 425 g/mol. The number of carbonyl (C=O) groups is 2. The Balaban J connectivity index is 1.71. The third-order valence-corrected chi connectivity index (χ3v) is 6.70. The highest BCUT2D eigenvalue weighted by molar-refractivity contribution is 5.80. The number of rotatable bonds is 8. The van der Waals surface area contributed by atoms with E-state index in [-0.39, 0.29) is 23.5 Å². The zero-order valence-corrected chi connectivity index (χ0v) is 18.8. The topological polar surface area (TPSA) is 110 Å². The molecule has 0 aromatic carbocycles. The number of nitrogens with one attached hydrogen (secondary N) is 1. The average Bonchev–Trinajstić information content (AvgIpc) is 3.56. The van der Waals surface area contributed by atoms with Crippen LogP contribution in [0.4, 0.5) is 4.79 Å². The van der Waals surface area contributed by atoms with Gasteiger partial charge in [0.05, 0.1) is 18.6 Å². The smallest absolute Gasteiger partial charge is 0.408 e. The molecule has 1 aliphatic carbocycles. The minimum atomic E-state index is -1.09. The first kappa shape index (κ1) is 23.0. The van der Waals surface area contributed by atoms with E-state index in [4.69, 9.17) is 18.9 Å². The number of carboxylic acids is 1.